The summed E-state index contributed by atoms with van der Waals surface area (Å²) in [6.07, 6.45) is 1.12. The molecule has 1 unspecified atom stereocenters. The van der Waals surface area contributed by atoms with Crippen LogP contribution in [0.1, 0.15) is 27.2 Å². The molecule has 2 nitrogen and oxygen atoms in total. The third kappa shape index (κ3) is 3.01. The Kier molecular flexibility index (Phi) is 4.25. The van der Waals surface area contributed by atoms with Gasteiger partial charge in [-0.2, -0.15) is 0 Å². The maximum Gasteiger partial charge on any atom is 0.0640 e. The topological polar surface area (TPSA) is 15.3 Å². The van der Waals surface area contributed by atoms with Crippen molar-refractivity contribution in [2.45, 2.75) is 38.8 Å². The van der Waals surface area contributed by atoms with Crippen molar-refractivity contribution in [3.8, 4) is 0 Å². The van der Waals surface area contributed by atoms with E-state index in [1.54, 1.807) is 0 Å². The molecule has 0 spiro atoms. The Morgan fingerprint density at radius 3 is 2.89 bits per heavy atom. The fourth-order valence-electron chi connectivity index (χ4n) is 2.47. The first-order valence-corrected chi connectivity index (χ1v) is 7.57. The van der Waals surface area contributed by atoms with Crippen molar-refractivity contribution in [3.05, 3.63) is 27.7 Å². The van der Waals surface area contributed by atoms with E-state index < -0.39 is 0 Å². The van der Waals surface area contributed by atoms with E-state index in [9.17, 15) is 0 Å². The minimum Gasteiger partial charge on any atom is -0.364 e. The maximum absolute atomic E-state index is 6.36. The molecular weight excluding hydrogens is 312 g/mol. The van der Waals surface area contributed by atoms with Crippen LogP contribution >= 0.6 is 27.5 Å². The number of nitrogens with one attached hydrogen (secondary N) is 1. The van der Waals surface area contributed by atoms with Gasteiger partial charge in [0.1, 0.15) is 0 Å². The number of benzene rings is 1. The van der Waals surface area contributed by atoms with Gasteiger partial charge in [-0.25, -0.2) is 0 Å². The number of piperazine rings is 1. The van der Waals surface area contributed by atoms with E-state index in [2.05, 4.69) is 53.0 Å². The molecule has 0 aromatic heterocycles. The maximum atomic E-state index is 6.36. The van der Waals surface area contributed by atoms with Crippen LogP contribution in [0.4, 0.5) is 5.69 Å². The highest BCUT2D eigenvalue weighted by Crippen LogP contribution is 2.33. The lowest BCUT2D eigenvalue weighted by molar-refractivity contribution is 0.306. The van der Waals surface area contributed by atoms with Gasteiger partial charge in [-0.05, 0) is 38.5 Å². The summed E-state index contributed by atoms with van der Waals surface area (Å²) < 4.78 is 1.08. The molecule has 1 aromatic carbocycles. The van der Waals surface area contributed by atoms with Crippen LogP contribution in [0.3, 0.4) is 0 Å². The molecule has 2 rings (SSSR count). The molecule has 0 bridgehead atoms. The summed E-state index contributed by atoms with van der Waals surface area (Å²) in [5.74, 6) is 0. The number of hydrogen-bond acceptors (Lipinski definition) is 2. The number of rotatable bonds is 2. The number of hydrogen-bond donors (Lipinski definition) is 1. The van der Waals surface area contributed by atoms with Gasteiger partial charge >= 0.3 is 0 Å². The van der Waals surface area contributed by atoms with Crippen LogP contribution < -0.4 is 10.2 Å². The standard InChI is InChI=1S/C14H20BrClN2/c1-4-11-8-17-14(2,3)9-18(11)13-7-10(15)5-6-12(13)16/h5-7,11,17H,4,8-9H2,1-3H3. The van der Waals surface area contributed by atoms with Gasteiger partial charge in [0.2, 0.25) is 0 Å². The van der Waals surface area contributed by atoms with Crippen molar-refractivity contribution in [1.82, 2.24) is 5.32 Å². The van der Waals surface area contributed by atoms with E-state index in [4.69, 9.17) is 11.6 Å². The molecule has 1 heterocycles. The summed E-state index contributed by atoms with van der Waals surface area (Å²) in [4.78, 5) is 2.43. The van der Waals surface area contributed by atoms with E-state index >= 15 is 0 Å². The quantitative estimate of drug-likeness (QED) is 0.879. The molecule has 1 aliphatic rings. The van der Waals surface area contributed by atoms with Crippen LogP contribution in [-0.2, 0) is 0 Å². The highest BCUT2D eigenvalue weighted by Gasteiger charge is 2.32. The smallest absolute Gasteiger partial charge is 0.0640 e. The summed E-state index contributed by atoms with van der Waals surface area (Å²) in [6.45, 7) is 8.67. The first kappa shape index (κ1) is 14.2. The second-order valence-corrected chi connectivity index (χ2v) is 6.87. The zero-order chi connectivity index (χ0) is 13.3. The Morgan fingerprint density at radius 1 is 1.50 bits per heavy atom. The van der Waals surface area contributed by atoms with Gasteiger partial charge in [0.15, 0.2) is 0 Å². The Labute approximate surface area is 123 Å². The minimum atomic E-state index is 0.122. The highest BCUT2D eigenvalue weighted by molar-refractivity contribution is 9.10. The lowest BCUT2D eigenvalue weighted by Crippen LogP contribution is -2.61. The van der Waals surface area contributed by atoms with Crippen LogP contribution in [0.5, 0.6) is 0 Å². The van der Waals surface area contributed by atoms with E-state index in [-0.39, 0.29) is 5.54 Å². The van der Waals surface area contributed by atoms with Crippen LogP contribution in [-0.4, -0.2) is 24.7 Å². The number of anilines is 1. The zero-order valence-electron chi connectivity index (χ0n) is 11.1. The molecular formula is C14H20BrClN2. The normalized spacial score (nSPS) is 23.2. The zero-order valence-corrected chi connectivity index (χ0v) is 13.5. The Hall–Kier alpha value is -0.250. The molecule has 100 valence electrons. The van der Waals surface area contributed by atoms with Crippen LogP contribution in [0, 0.1) is 0 Å². The highest BCUT2D eigenvalue weighted by atomic mass is 79.9. The monoisotopic (exact) mass is 330 g/mol. The molecule has 1 atom stereocenters. The van der Waals surface area contributed by atoms with Crippen molar-refractivity contribution >= 4 is 33.2 Å². The third-order valence-corrected chi connectivity index (χ3v) is 4.32. The predicted molar refractivity (Wildman–Crippen MR) is 82.7 cm³/mol. The second kappa shape index (κ2) is 5.40. The molecule has 1 saturated heterocycles. The van der Waals surface area contributed by atoms with E-state index in [1.165, 1.54) is 0 Å². The average Bonchev–Trinajstić information content (AvgIpc) is 2.31. The summed E-state index contributed by atoms with van der Waals surface area (Å²) >= 11 is 9.89. The Morgan fingerprint density at radius 2 is 2.22 bits per heavy atom. The van der Waals surface area contributed by atoms with Gasteiger partial charge in [0, 0.05) is 29.1 Å². The molecule has 0 saturated carbocycles. The molecule has 1 aliphatic heterocycles. The van der Waals surface area contributed by atoms with Gasteiger partial charge in [0.05, 0.1) is 10.7 Å². The largest absolute Gasteiger partial charge is 0.364 e. The minimum absolute atomic E-state index is 0.122. The van der Waals surface area contributed by atoms with Crippen LogP contribution in [0.15, 0.2) is 22.7 Å². The summed E-state index contributed by atoms with van der Waals surface area (Å²) in [7, 11) is 0. The first-order valence-electron chi connectivity index (χ1n) is 6.39. The van der Waals surface area contributed by atoms with Crippen molar-refractivity contribution in [2.75, 3.05) is 18.0 Å². The molecule has 1 N–H and O–H groups in total. The van der Waals surface area contributed by atoms with Gasteiger partial charge in [-0.15, -0.1) is 0 Å². The Balaban J connectivity index is 2.35. The average molecular weight is 332 g/mol. The molecule has 1 fully saturated rings. The lowest BCUT2D eigenvalue weighted by atomic mass is 9.97. The van der Waals surface area contributed by atoms with Gasteiger partial charge in [-0.1, -0.05) is 34.5 Å². The van der Waals surface area contributed by atoms with Crippen LogP contribution in [0.2, 0.25) is 5.02 Å². The summed E-state index contributed by atoms with van der Waals surface area (Å²) in [5.41, 5.74) is 1.25. The summed E-state index contributed by atoms with van der Waals surface area (Å²) in [5, 5.41) is 4.42. The molecule has 18 heavy (non-hydrogen) atoms. The molecule has 4 heteroatoms. The third-order valence-electron chi connectivity index (χ3n) is 3.51. The molecule has 0 radical (unpaired) electrons. The SMILES string of the molecule is CCC1CNC(C)(C)CN1c1cc(Br)ccc1Cl. The molecule has 1 aromatic rings. The van der Waals surface area contributed by atoms with Crippen molar-refractivity contribution in [3.63, 3.8) is 0 Å². The van der Waals surface area contributed by atoms with Crippen LogP contribution in [0.25, 0.3) is 0 Å². The van der Waals surface area contributed by atoms with Crippen molar-refractivity contribution in [1.29, 1.82) is 0 Å². The first-order chi connectivity index (χ1) is 8.43. The second-order valence-electron chi connectivity index (χ2n) is 5.55. The fourth-order valence-corrected chi connectivity index (χ4v) is 3.04. The van der Waals surface area contributed by atoms with Gasteiger partial charge in [-0.3, -0.25) is 0 Å². The Bertz CT molecular complexity index is 434. The van der Waals surface area contributed by atoms with Crippen molar-refractivity contribution in [2.24, 2.45) is 0 Å². The molecule has 0 amide bonds. The van der Waals surface area contributed by atoms with Gasteiger partial charge in [0.25, 0.3) is 0 Å². The van der Waals surface area contributed by atoms with E-state index in [0.29, 0.717) is 6.04 Å². The fraction of sp³-hybridized carbons (Fsp3) is 0.571. The lowest BCUT2D eigenvalue weighted by Gasteiger charge is -2.46. The number of nitrogens with zero attached hydrogens (tertiary/aromatic N) is 1. The van der Waals surface area contributed by atoms with E-state index in [1.807, 2.05) is 12.1 Å². The molecule has 0 aliphatic carbocycles. The predicted octanol–water partition coefficient (Wildman–Crippen LogP) is 4.07. The number of halogens is 2. The van der Waals surface area contributed by atoms with Gasteiger partial charge < -0.3 is 10.2 Å². The van der Waals surface area contributed by atoms with Crippen molar-refractivity contribution < 1.29 is 0 Å². The summed E-state index contributed by atoms with van der Waals surface area (Å²) in [6, 6.07) is 6.57. The van der Waals surface area contributed by atoms with E-state index in [0.717, 1.165) is 34.7 Å².